The van der Waals surface area contributed by atoms with Crippen LogP contribution in [0.15, 0.2) is 40.0 Å². The van der Waals surface area contributed by atoms with Crippen molar-refractivity contribution in [1.29, 1.82) is 0 Å². The Kier molecular flexibility index (Phi) is 4.48. The molecule has 0 saturated heterocycles. The lowest BCUT2D eigenvalue weighted by atomic mass is 10.2. The second-order valence-corrected chi connectivity index (χ2v) is 8.18. The first-order chi connectivity index (χ1) is 12.2. The summed E-state index contributed by atoms with van der Waals surface area (Å²) in [5.41, 5.74) is 0.921. The van der Waals surface area contributed by atoms with Gasteiger partial charge in [0.2, 0.25) is 5.78 Å². The van der Waals surface area contributed by atoms with E-state index in [1.165, 1.54) is 16.6 Å². The number of aryl methyl sites for hydroxylation is 3. The van der Waals surface area contributed by atoms with E-state index < -0.39 is 0 Å². The topological polar surface area (TPSA) is 52.0 Å². The lowest BCUT2D eigenvalue weighted by Gasteiger charge is -2.11. The maximum absolute atomic E-state index is 12.7. The fraction of sp³-hybridized carbons (Fsp3) is 0.316. The largest absolute Gasteiger partial charge is 0.314 e. The minimum absolute atomic E-state index is 0.0942. The van der Waals surface area contributed by atoms with Crippen molar-refractivity contribution < 1.29 is 4.79 Å². The van der Waals surface area contributed by atoms with Crippen LogP contribution in [-0.2, 0) is 19.4 Å². The number of ketones is 1. The number of nitrogens with zero attached hydrogens (tertiary/aromatic N) is 2. The highest BCUT2D eigenvalue weighted by Crippen LogP contribution is 2.35. The number of thiophene rings is 1. The minimum Gasteiger partial charge on any atom is -0.314 e. The lowest BCUT2D eigenvalue weighted by molar-refractivity contribution is 0.100. The van der Waals surface area contributed by atoms with E-state index >= 15 is 0 Å². The fourth-order valence-corrected chi connectivity index (χ4v) is 5.57. The van der Waals surface area contributed by atoms with Crippen LogP contribution in [0.1, 0.15) is 34.4 Å². The van der Waals surface area contributed by atoms with Gasteiger partial charge in [0, 0.05) is 16.3 Å². The zero-order valence-corrected chi connectivity index (χ0v) is 15.6. The molecular formula is C19H18N2O2S2. The molecule has 0 atom stereocenters. The highest BCUT2D eigenvalue weighted by molar-refractivity contribution is 8.00. The molecule has 1 aliphatic rings. The molecule has 1 aliphatic carbocycles. The fourth-order valence-electron chi connectivity index (χ4n) is 3.35. The summed E-state index contributed by atoms with van der Waals surface area (Å²) < 4.78 is 1.92. The molecule has 0 saturated carbocycles. The zero-order valence-electron chi connectivity index (χ0n) is 13.9. The van der Waals surface area contributed by atoms with Crippen molar-refractivity contribution in [2.75, 3.05) is 5.75 Å². The average molecular weight is 370 g/mol. The molecule has 3 aromatic rings. The molecule has 128 valence electrons. The van der Waals surface area contributed by atoms with Gasteiger partial charge in [-0.25, -0.2) is 0 Å². The Morgan fingerprint density at radius 2 is 2.08 bits per heavy atom. The van der Waals surface area contributed by atoms with Crippen molar-refractivity contribution in [3.8, 4) is 0 Å². The van der Waals surface area contributed by atoms with E-state index in [1.807, 2.05) is 41.8 Å². The van der Waals surface area contributed by atoms with Crippen LogP contribution in [0.5, 0.6) is 0 Å². The third-order valence-corrected chi connectivity index (χ3v) is 6.83. The number of aromatic nitrogens is 2. The Labute approximate surface area is 153 Å². The van der Waals surface area contributed by atoms with Gasteiger partial charge in [0.25, 0.3) is 5.56 Å². The van der Waals surface area contributed by atoms with Gasteiger partial charge in [-0.3, -0.25) is 9.59 Å². The molecule has 0 fully saturated rings. The van der Waals surface area contributed by atoms with Crippen LogP contribution in [-0.4, -0.2) is 21.1 Å². The van der Waals surface area contributed by atoms with Gasteiger partial charge in [-0.2, -0.15) is 4.98 Å². The lowest BCUT2D eigenvalue weighted by Crippen LogP contribution is -2.23. The molecule has 0 spiro atoms. The van der Waals surface area contributed by atoms with Crippen LogP contribution >= 0.6 is 23.1 Å². The first kappa shape index (κ1) is 16.5. The maximum Gasteiger partial charge on any atom is 0.282 e. The van der Waals surface area contributed by atoms with Gasteiger partial charge in [-0.1, -0.05) is 18.2 Å². The van der Waals surface area contributed by atoms with Crippen LogP contribution < -0.4 is 5.56 Å². The molecule has 6 heteroatoms. The van der Waals surface area contributed by atoms with Crippen molar-refractivity contribution >= 4 is 39.1 Å². The van der Waals surface area contributed by atoms with Crippen LogP contribution in [0.2, 0.25) is 0 Å². The van der Waals surface area contributed by atoms with Crippen molar-refractivity contribution in [3.63, 3.8) is 0 Å². The minimum atomic E-state index is -0.243. The number of carbonyl (C=O) groups excluding carboxylic acids is 1. The number of hydrogen-bond donors (Lipinski definition) is 0. The van der Waals surface area contributed by atoms with Gasteiger partial charge in [0.05, 0.1) is 11.1 Å². The second-order valence-electron chi connectivity index (χ2n) is 6.05. The molecule has 0 unspecified atom stereocenters. The van der Waals surface area contributed by atoms with Crippen molar-refractivity contribution in [2.45, 2.75) is 37.6 Å². The molecule has 25 heavy (non-hydrogen) atoms. The molecule has 4 nitrogen and oxygen atoms in total. The first-order valence-corrected chi connectivity index (χ1v) is 10.3. The number of carbonyl (C=O) groups is 1. The summed E-state index contributed by atoms with van der Waals surface area (Å²) in [5, 5.41) is 0.742. The second kappa shape index (κ2) is 6.77. The molecule has 0 amide bonds. The van der Waals surface area contributed by atoms with E-state index in [-0.39, 0.29) is 17.1 Å². The smallest absolute Gasteiger partial charge is 0.282 e. The average Bonchev–Trinajstić information content (AvgIpc) is 3.21. The summed E-state index contributed by atoms with van der Waals surface area (Å²) in [5.74, 6) is 0.485. The number of thioether (sulfide) groups is 1. The molecule has 2 aromatic heterocycles. The van der Waals surface area contributed by atoms with E-state index in [0.29, 0.717) is 12.4 Å². The highest BCUT2D eigenvalue weighted by atomic mass is 32.2. The Morgan fingerprint density at radius 3 is 2.84 bits per heavy atom. The van der Waals surface area contributed by atoms with Gasteiger partial charge in [0.15, 0.2) is 5.82 Å². The number of fused-ring (bicyclic) bond motifs is 3. The van der Waals surface area contributed by atoms with E-state index in [4.69, 9.17) is 0 Å². The predicted octanol–water partition coefficient (Wildman–Crippen LogP) is 3.94. The number of Topliss-reactive ketones (excluding diaryl/α,β-unsaturated/α-hetero) is 1. The van der Waals surface area contributed by atoms with Crippen molar-refractivity contribution in [2.24, 2.45) is 0 Å². The van der Waals surface area contributed by atoms with Gasteiger partial charge < -0.3 is 4.57 Å². The number of rotatable bonds is 5. The Hall–Kier alpha value is -1.92. The molecule has 0 aliphatic heterocycles. The molecule has 0 bridgehead atoms. The van der Waals surface area contributed by atoms with Gasteiger partial charge in [-0.05, 0) is 43.9 Å². The van der Waals surface area contributed by atoms with Crippen LogP contribution in [0.3, 0.4) is 0 Å². The van der Waals surface area contributed by atoms with Crippen LogP contribution in [0.4, 0.5) is 0 Å². The summed E-state index contributed by atoms with van der Waals surface area (Å²) in [7, 11) is 0. The first-order valence-electron chi connectivity index (χ1n) is 8.45. The Balaban J connectivity index is 1.72. The molecular weight excluding hydrogens is 352 g/mol. The van der Waals surface area contributed by atoms with Crippen LogP contribution in [0, 0.1) is 0 Å². The van der Waals surface area contributed by atoms with Gasteiger partial charge in [-0.15, -0.1) is 23.1 Å². The molecule has 0 N–H and O–H groups in total. The van der Waals surface area contributed by atoms with E-state index in [2.05, 4.69) is 4.98 Å². The molecule has 0 radical (unpaired) electrons. The van der Waals surface area contributed by atoms with Crippen molar-refractivity contribution in [1.82, 2.24) is 9.55 Å². The Bertz CT molecular complexity index is 1010. The van der Waals surface area contributed by atoms with Crippen LogP contribution in [0.25, 0.3) is 10.2 Å². The van der Waals surface area contributed by atoms with E-state index in [0.717, 1.165) is 39.9 Å². The quantitative estimate of drug-likeness (QED) is 0.504. The molecule has 4 rings (SSSR count). The third-order valence-electron chi connectivity index (χ3n) is 4.50. The molecule has 2 heterocycles. The SMILES string of the molecule is CCn1c(C(=O)CSc2ccccc2)nc(=O)c2c3c(sc21)CCC3. The number of benzene rings is 1. The summed E-state index contributed by atoms with van der Waals surface area (Å²) in [6.45, 7) is 2.64. The summed E-state index contributed by atoms with van der Waals surface area (Å²) in [6.07, 6.45) is 3.09. The van der Waals surface area contributed by atoms with Gasteiger partial charge in [0.1, 0.15) is 4.83 Å². The molecule has 1 aromatic carbocycles. The maximum atomic E-state index is 12.7. The van der Waals surface area contributed by atoms with E-state index in [9.17, 15) is 9.59 Å². The normalized spacial score (nSPS) is 13.3. The monoisotopic (exact) mass is 370 g/mol. The standard InChI is InChI=1S/C19H18N2O2S2/c1-2-21-17(14(22)11-24-12-7-4-3-5-8-12)20-18(23)16-13-9-6-10-15(13)25-19(16)21/h3-5,7-8H,2,6,9-11H2,1H3. The number of hydrogen-bond acceptors (Lipinski definition) is 5. The van der Waals surface area contributed by atoms with E-state index in [1.54, 1.807) is 11.3 Å². The van der Waals surface area contributed by atoms with Gasteiger partial charge >= 0.3 is 0 Å². The summed E-state index contributed by atoms with van der Waals surface area (Å²) in [6, 6.07) is 9.81. The predicted molar refractivity (Wildman–Crippen MR) is 103 cm³/mol. The third kappa shape index (κ3) is 2.93. The summed E-state index contributed by atoms with van der Waals surface area (Å²) in [4.78, 5) is 32.8. The zero-order chi connectivity index (χ0) is 17.4. The highest BCUT2D eigenvalue weighted by Gasteiger charge is 2.24. The summed E-state index contributed by atoms with van der Waals surface area (Å²) >= 11 is 3.14. The van der Waals surface area contributed by atoms with Crippen molar-refractivity contribution in [3.05, 3.63) is 57.0 Å². The Morgan fingerprint density at radius 1 is 1.28 bits per heavy atom.